The molecule has 2 rings (SSSR count). The molecule has 1 saturated carbocycles. The molecule has 1 aromatic carbocycles. The molecule has 4 nitrogen and oxygen atoms in total. The fraction of sp³-hybridized carbons (Fsp3) is 0.412. The fourth-order valence-corrected chi connectivity index (χ4v) is 2.89. The Labute approximate surface area is 125 Å². The van der Waals surface area contributed by atoms with Crippen molar-refractivity contribution in [1.82, 2.24) is 0 Å². The van der Waals surface area contributed by atoms with E-state index in [1.165, 1.54) is 6.92 Å². The third kappa shape index (κ3) is 3.32. The number of carbonyl (C=O) groups excluding carboxylic acids is 2. The van der Waals surface area contributed by atoms with Gasteiger partial charge in [0.25, 0.3) is 0 Å². The van der Waals surface area contributed by atoms with Crippen molar-refractivity contribution in [2.24, 2.45) is 5.41 Å². The van der Waals surface area contributed by atoms with Crippen LogP contribution in [0.1, 0.15) is 39.0 Å². The van der Waals surface area contributed by atoms with Crippen LogP contribution in [0.5, 0.6) is 5.75 Å². The zero-order valence-electron chi connectivity index (χ0n) is 12.4. The second-order valence-electron chi connectivity index (χ2n) is 5.66. The molecule has 0 bridgehead atoms. The number of ether oxygens (including phenoxy) is 1. The second kappa shape index (κ2) is 6.12. The van der Waals surface area contributed by atoms with Crippen molar-refractivity contribution in [1.29, 1.82) is 0 Å². The van der Waals surface area contributed by atoms with Crippen LogP contribution in [0, 0.1) is 5.41 Å². The van der Waals surface area contributed by atoms with Gasteiger partial charge in [-0.15, -0.1) is 0 Å². The number of benzene rings is 1. The van der Waals surface area contributed by atoms with Gasteiger partial charge in [-0.3, -0.25) is 9.59 Å². The highest BCUT2D eigenvalue weighted by molar-refractivity contribution is 6.06. The van der Waals surface area contributed by atoms with Crippen LogP contribution in [0.15, 0.2) is 36.6 Å². The van der Waals surface area contributed by atoms with Gasteiger partial charge in [-0.2, -0.15) is 0 Å². The highest BCUT2D eigenvalue weighted by atomic mass is 16.5. The summed E-state index contributed by atoms with van der Waals surface area (Å²) in [5.74, 6) is 0.913. The second-order valence-corrected chi connectivity index (χ2v) is 5.66. The molecular weight excluding hydrogens is 266 g/mol. The first-order valence-electron chi connectivity index (χ1n) is 7.19. The van der Waals surface area contributed by atoms with E-state index in [2.05, 4.69) is 6.58 Å². The minimum absolute atomic E-state index is 0.0126. The van der Waals surface area contributed by atoms with Crippen molar-refractivity contribution in [2.75, 3.05) is 5.73 Å². The third-order valence-electron chi connectivity index (χ3n) is 4.08. The Balaban J connectivity index is 2.12. The maximum atomic E-state index is 12.3. The summed E-state index contributed by atoms with van der Waals surface area (Å²) in [6.45, 7) is 5.35. The minimum atomic E-state index is -0.949. The van der Waals surface area contributed by atoms with Crippen LogP contribution in [-0.2, 0) is 9.59 Å². The number of Topliss-reactive ketones (excluding diaryl/α,β-unsaturated/α-hetero) is 2. The predicted octanol–water partition coefficient (Wildman–Crippen LogP) is 3.27. The number of ketones is 2. The summed E-state index contributed by atoms with van der Waals surface area (Å²) in [7, 11) is 0. The minimum Gasteiger partial charge on any atom is -0.462 e. The molecule has 1 atom stereocenters. The van der Waals surface area contributed by atoms with E-state index in [-0.39, 0.29) is 18.0 Å². The van der Waals surface area contributed by atoms with Crippen molar-refractivity contribution < 1.29 is 14.3 Å². The molecule has 21 heavy (non-hydrogen) atoms. The smallest absolute Gasteiger partial charge is 0.146 e. The van der Waals surface area contributed by atoms with Crippen LogP contribution in [0.3, 0.4) is 0 Å². The average Bonchev–Trinajstić information content (AvgIpc) is 2.41. The monoisotopic (exact) mass is 287 g/mol. The molecule has 112 valence electrons. The largest absolute Gasteiger partial charge is 0.462 e. The lowest BCUT2D eigenvalue weighted by molar-refractivity contribution is -0.142. The molecule has 1 aromatic rings. The lowest BCUT2D eigenvalue weighted by Gasteiger charge is -2.33. The number of nitrogen functional groups attached to an aromatic ring is 1. The van der Waals surface area contributed by atoms with E-state index < -0.39 is 5.41 Å². The molecule has 0 aromatic heterocycles. The van der Waals surface area contributed by atoms with Crippen LogP contribution < -0.4 is 10.5 Å². The van der Waals surface area contributed by atoms with E-state index in [1.807, 2.05) is 0 Å². The van der Waals surface area contributed by atoms with Crippen LogP contribution in [0.4, 0.5) is 5.69 Å². The molecule has 0 amide bonds. The zero-order valence-corrected chi connectivity index (χ0v) is 12.4. The van der Waals surface area contributed by atoms with E-state index in [1.54, 1.807) is 24.3 Å². The molecule has 0 aliphatic heterocycles. The van der Waals surface area contributed by atoms with Crippen molar-refractivity contribution in [3.63, 3.8) is 0 Å². The van der Waals surface area contributed by atoms with Crippen molar-refractivity contribution in [3.05, 3.63) is 36.6 Å². The summed E-state index contributed by atoms with van der Waals surface area (Å²) >= 11 is 0. The average molecular weight is 287 g/mol. The van der Waals surface area contributed by atoms with Gasteiger partial charge in [-0.1, -0.05) is 19.1 Å². The number of hydrogen-bond acceptors (Lipinski definition) is 4. The first kappa shape index (κ1) is 15.3. The van der Waals surface area contributed by atoms with Crippen molar-refractivity contribution in [2.45, 2.75) is 39.0 Å². The van der Waals surface area contributed by atoms with Gasteiger partial charge in [0, 0.05) is 24.6 Å². The van der Waals surface area contributed by atoms with Gasteiger partial charge in [0.15, 0.2) is 0 Å². The van der Waals surface area contributed by atoms with Crippen LogP contribution in [0.25, 0.3) is 0 Å². The highest BCUT2D eigenvalue weighted by Gasteiger charge is 2.44. The number of hydrogen-bond donors (Lipinski definition) is 1. The van der Waals surface area contributed by atoms with E-state index in [0.717, 1.165) is 12.8 Å². The molecule has 0 saturated heterocycles. The van der Waals surface area contributed by atoms with Gasteiger partial charge in [-0.05, 0) is 31.9 Å². The van der Waals surface area contributed by atoms with E-state index >= 15 is 0 Å². The van der Waals surface area contributed by atoms with Crippen LogP contribution >= 0.6 is 0 Å². The summed E-state index contributed by atoms with van der Waals surface area (Å²) in [6.07, 6.45) is 3.04. The Kier molecular flexibility index (Phi) is 4.46. The number of nitrogens with two attached hydrogens (primary N) is 1. The maximum Gasteiger partial charge on any atom is 0.146 e. The summed E-state index contributed by atoms with van der Waals surface area (Å²) in [6, 6.07) is 7.00. The first-order valence-corrected chi connectivity index (χ1v) is 7.19. The molecule has 1 unspecified atom stereocenters. The topological polar surface area (TPSA) is 69.4 Å². The van der Waals surface area contributed by atoms with E-state index in [4.69, 9.17) is 10.5 Å². The van der Waals surface area contributed by atoms with Gasteiger partial charge < -0.3 is 10.5 Å². The van der Waals surface area contributed by atoms with Crippen LogP contribution in [-0.4, -0.2) is 11.6 Å². The molecule has 0 spiro atoms. The van der Waals surface area contributed by atoms with Gasteiger partial charge in [0.1, 0.15) is 17.3 Å². The fourth-order valence-electron chi connectivity index (χ4n) is 2.89. The molecule has 2 N–H and O–H groups in total. The maximum absolute atomic E-state index is 12.3. The van der Waals surface area contributed by atoms with E-state index in [0.29, 0.717) is 30.0 Å². The Morgan fingerprint density at radius 3 is 2.81 bits per heavy atom. The Bertz CT molecular complexity index is 579. The van der Waals surface area contributed by atoms with E-state index in [9.17, 15) is 9.59 Å². The summed E-state index contributed by atoms with van der Waals surface area (Å²) in [5, 5.41) is 0. The van der Waals surface area contributed by atoms with Crippen LogP contribution in [0.2, 0.25) is 0 Å². The Morgan fingerprint density at radius 1 is 1.43 bits per heavy atom. The number of anilines is 1. The summed E-state index contributed by atoms with van der Waals surface area (Å²) in [4.78, 5) is 24.3. The highest BCUT2D eigenvalue weighted by Crippen LogP contribution is 2.39. The molecule has 0 radical (unpaired) electrons. The first-order chi connectivity index (χ1) is 9.94. The Morgan fingerprint density at radius 2 is 2.19 bits per heavy atom. The molecule has 1 aliphatic carbocycles. The lowest BCUT2D eigenvalue weighted by atomic mass is 9.68. The predicted molar refractivity (Wildman–Crippen MR) is 81.8 cm³/mol. The van der Waals surface area contributed by atoms with Gasteiger partial charge in [0.2, 0.25) is 0 Å². The van der Waals surface area contributed by atoms with Gasteiger partial charge >= 0.3 is 0 Å². The standard InChI is InChI=1S/C17H21NO3/c1-12(21-15-7-5-6-14(18)10-15)11-17(13(2)19)9-4-3-8-16(17)20/h5-7,10H,1,3-4,8-9,11,18H2,2H3. The normalized spacial score (nSPS) is 21.9. The zero-order chi connectivity index (χ0) is 15.5. The van der Waals surface area contributed by atoms with Gasteiger partial charge in [0.05, 0.1) is 11.2 Å². The van der Waals surface area contributed by atoms with Crippen molar-refractivity contribution >= 4 is 17.3 Å². The molecule has 1 aliphatic rings. The van der Waals surface area contributed by atoms with Crippen molar-refractivity contribution in [3.8, 4) is 5.75 Å². The quantitative estimate of drug-likeness (QED) is 0.512. The number of rotatable bonds is 5. The number of carbonyl (C=O) groups is 2. The molecule has 4 heteroatoms. The van der Waals surface area contributed by atoms with Gasteiger partial charge in [-0.25, -0.2) is 0 Å². The lowest BCUT2D eigenvalue weighted by Crippen LogP contribution is -2.41. The SMILES string of the molecule is C=C(CC1(C(C)=O)CCCCC1=O)Oc1cccc(N)c1. The molecule has 1 fully saturated rings. The molecule has 0 heterocycles. The summed E-state index contributed by atoms with van der Waals surface area (Å²) in [5.41, 5.74) is 5.34. The third-order valence-corrected chi connectivity index (χ3v) is 4.08. The number of allylic oxidation sites excluding steroid dienone is 1. The Hall–Kier alpha value is -2.10. The summed E-state index contributed by atoms with van der Waals surface area (Å²) < 4.78 is 5.64. The molecular formula is C17H21NO3.